The first-order valence-electron chi connectivity index (χ1n) is 14.2. The predicted octanol–water partition coefficient (Wildman–Crippen LogP) is 1.03. The standard InChI is InChI=1S/C32H37N5O8/c1-18(35-31(43)24(33)13-14-27(38)39)28(40)34-19(2)29(41)36-25(15-20-9-5-4-6-10-20)32(44)37-30(42)22-16-21-11-7-8-12-23(21)26(17-22)45-3/h4-12,16-19,24-25H,13-15,33H2,1-3H3,(H,34,40)(H,35,43)(H,36,41)(H,38,39)(H,37,42,44)/t18-,19-,24-,25-/m0/s1. The Morgan fingerprint density at radius 2 is 1.40 bits per heavy atom. The summed E-state index contributed by atoms with van der Waals surface area (Å²) in [6, 6.07) is 14.8. The Balaban J connectivity index is 1.68. The fraction of sp³-hybridized carbons (Fsp3) is 0.312. The first-order chi connectivity index (χ1) is 21.4. The highest BCUT2D eigenvalue weighted by molar-refractivity contribution is 6.09. The second-order valence-electron chi connectivity index (χ2n) is 10.5. The van der Waals surface area contributed by atoms with Crippen molar-refractivity contribution in [1.82, 2.24) is 21.3 Å². The fourth-order valence-corrected chi connectivity index (χ4v) is 4.40. The van der Waals surface area contributed by atoms with Crippen LogP contribution in [0.5, 0.6) is 5.75 Å². The molecule has 3 aromatic carbocycles. The molecule has 0 unspecified atom stereocenters. The van der Waals surface area contributed by atoms with E-state index in [1.165, 1.54) is 27.0 Å². The average molecular weight is 620 g/mol. The van der Waals surface area contributed by atoms with E-state index in [1.54, 1.807) is 36.4 Å². The van der Waals surface area contributed by atoms with Crippen LogP contribution in [0, 0.1) is 0 Å². The molecule has 0 aromatic heterocycles. The molecule has 7 N–H and O–H groups in total. The number of hydrogen-bond acceptors (Lipinski definition) is 8. The number of hydrogen-bond donors (Lipinski definition) is 6. The van der Waals surface area contributed by atoms with Gasteiger partial charge in [0.05, 0.1) is 13.2 Å². The molecule has 0 aliphatic carbocycles. The predicted molar refractivity (Wildman–Crippen MR) is 165 cm³/mol. The molecule has 0 aliphatic heterocycles. The van der Waals surface area contributed by atoms with Crippen LogP contribution < -0.4 is 31.7 Å². The molecule has 0 saturated heterocycles. The van der Waals surface area contributed by atoms with Crippen LogP contribution in [-0.4, -0.2) is 71.9 Å². The first kappa shape index (κ1) is 34.2. The van der Waals surface area contributed by atoms with Crippen molar-refractivity contribution in [2.45, 2.75) is 57.3 Å². The van der Waals surface area contributed by atoms with Gasteiger partial charge in [0.2, 0.25) is 23.6 Å². The minimum absolute atomic E-state index is 0.0497. The van der Waals surface area contributed by atoms with Gasteiger partial charge in [-0.3, -0.25) is 34.1 Å². The van der Waals surface area contributed by atoms with Gasteiger partial charge in [0, 0.05) is 23.8 Å². The number of carboxylic acid groups (broad SMARTS) is 1. The number of carbonyl (C=O) groups is 6. The first-order valence-corrected chi connectivity index (χ1v) is 14.2. The maximum Gasteiger partial charge on any atom is 0.303 e. The molecule has 13 nitrogen and oxygen atoms in total. The van der Waals surface area contributed by atoms with Gasteiger partial charge < -0.3 is 31.5 Å². The number of nitrogens with one attached hydrogen (secondary N) is 4. The number of ether oxygens (including phenoxy) is 1. The van der Waals surface area contributed by atoms with Crippen molar-refractivity contribution >= 4 is 46.3 Å². The largest absolute Gasteiger partial charge is 0.496 e. The van der Waals surface area contributed by atoms with E-state index in [4.69, 9.17) is 15.6 Å². The van der Waals surface area contributed by atoms with Crippen molar-refractivity contribution in [2.24, 2.45) is 5.73 Å². The lowest BCUT2D eigenvalue weighted by molar-refractivity contribution is -0.137. The minimum Gasteiger partial charge on any atom is -0.496 e. The molecular formula is C32H37N5O8. The fourth-order valence-electron chi connectivity index (χ4n) is 4.40. The topological polar surface area (TPSA) is 206 Å². The number of fused-ring (bicyclic) bond motifs is 1. The third-order valence-corrected chi connectivity index (χ3v) is 6.97. The SMILES string of the molecule is COc1cc(C(=O)NC(=O)[C@H](Cc2ccccc2)NC(=O)[C@H](C)NC(=O)[C@H](C)NC(=O)[C@@H](N)CCC(=O)O)cc2ccccc12. The summed E-state index contributed by atoms with van der Waals surface area (Å²) >= 11 is 0. The summed E-state index contributed by atoms with van der Waals surface area (Å²) in [4.78, 5) is 75.2. The summed E-state index contributed by atoms with van der Waals surface area (Å²) in [5.41, 5.74) is 6.58. The molecule has 5 amide bonds. The maximum absolute atomic E-state index is 13.4. The second-order valence-corrected chi connectivity index (χ2v) is 10.5. The molecule has 0 spiro atoms. The van der Waals surface area contributed by atoms with Crippen LogP contribution in [0.4, 0.5) is 0 Å². The zero-order chi connectivity index (χ0) is 33.1. The van der Waals surface area contributed by atoms with E-state index in [2.05, 4.69) is 21.3 Å². The number of amides is 5. The lowest BCUT2D eigenvalue weighted by Gasteiger charge is -2.23. The molecule has 4 atom stereocenters. The summed E-state index contributed by atoms with van der Waals surface area (Å²) in [5, 5.41) is 20.1. The summed E-state index contributed by atoms with van der Waals surface area (Å²) in [7, 11) is 1.48. The second kappa shape index (κ2) is 16.0. The smallest absolute Gasteiger partial charge is 0.303 e. The number of nitrogens with two attached hydrogens (primary N) is 1. The van der Waals surface area contributed by atoms with E-state index in [0.717, 1.165) is 10.8 Å². The van der Waals surface area contributed by atoms with Crippen LogP contribution in [-0.2, 0) is 30.4 Å². The van der Waals surface area contributed by atoms with Crippen molar-refractivity contribution < 1.29 is 38.6 Å². The van der Waals surface area contributed by atoms with Crippen LogP contribution in [0.2, 0.25) is 0 Å². The maximum atomic E-state index is 13.4. The highest BCUT2D eigenvalue weighted by atomic mass is 16.5. The van der Waals surface area contributed by atoms with Crippen LogP contribution in [0.1, 0.15) is 42.6 Å². The zero-order valence-corrected chi connectivity index (χ0v) is 25.2. The summed E-state index contributed by atoms with van der Waals surface area (Å²) < 4.78 is 5.42. The molecule has 3 aromatic rings. The van der Waals surface area contributed by atoms with Crippen LogP contribution >= 0.6 is 0 Å². The third-order valence-electron chi connectivity index (χ3n) is 6.97. The van der Waals surface area contributed by atoms with Crippen LogP contribution in [0.15, 0.2) is 66.7 Å². The Hall–Kier alpha value is -5.30. The Morgan fingerprint density at radius 3 is 2.04 bits per heavy atom. The van der Waals surface area contributed by atoms with Crippen molar-refractivity contribution in [3.8, 4) is 5.75 Å². The van der Waals surface area contributed by atoms with Crippen molar-refractivity contribution in [3.63, 3.8) is 0 Å². The summed E-state index contributed by atoms with van der Waals surface area (Å²) in [6.07, 6.45) is -0.379. The zero-order valence-electron chi connectivity index (χ0n) is 25.2. The molecule has 45 heavy (non-hydrogen) atoms. The van der Waals surface area contributed by atoms with Crippen molar-refractivity contribution in [1.29, 1.82) is 0 Å². The minimum atomic E-state index is -1.19. The number of methoxy groups -OCH3 is 1. The lowest BCUT2D eigenvalue weighted by Crippen LogP contribution is -2.57. The summed E-state index contributed by atoms with van der Waals surface area (Å²) in [6.45, 7) is 2.77. The Morgan fingerprint density at radius 1 is 0.800 bits per heavy atom. The molecular weight excluding hydrogens is 582 g/mol. The molecule has 13 heteroatoms. The van der Waals surface area contributed by atoms with Crippen molar-refractivity contribution in [3.05, 3.63) is 77.9 Å². The number of carboxylic acids is 1. The highest BCUT2D eigenvalue weighted by Crippen LogP contribution is 2.27. The molecule has 0 fully saturated rings. The lowest BCUT2D eigenvalue weighted by atomic mass is 10.0. The van der Waals surface area contributed by atoms with E-state index < -0.39 is 59.7 Å². The Kier molecular flexibility index (Phi) is 12.1. The van der Waals surface area contributed by atoms with E-state index in [-0.39, 0.29) is 24.8 Å². The highest BCUT2D eigenvalue weighted by Gasteiger charge is 2.28. The Labute approximate surface area is 259 Å². The molecule has 0 saturated carbocycles. The normalized spacial score (nSPS) is 13.4. The van der Waals surface area contributed by atoms with Gasteiger partial charge in [0.25, 0.3) is 5.91 Å². The number of rotatable bonds is 14. The van der Waals surface area contributed by atoms with Gasteiger partial charge in [-0.15, -0.1) is 0 Å². The van der Waals surface area contributed by atoms with E-state index in [0.29, 0.717) is 11.3 Å². The van der Waals surface area contributed by atoms with Gasteiger partial charge in [-0.05, 0) is 43.4 Å². The van der Waals surface area contributed by atoms with Gasteiger partial charge in [-0.1, -0.05) is 54.6 Å². The molecule has 238 valence electrons. The van der Waals surface area contributed by atoms with Gasteiger partial charge in [0.15, 0.2) is 0 Å². The molecule has 0 aliphatic rings. The number of aliphatic carboxylic acids is 1. The van der Waals surface area contributed by atoms with E-state index in [1.807, 2.05) is 24.3 Å². The average Bonchev–Trinajstić information content (AvgIpc) is 3.02. The Bertz CT molecular complexity index is 1560. The van der Waals surface area contributed by atoms with Crippen LogP contribution in [0.25, 0.3) is 10.8 Å². The van der Waals surface area contributed by atoms with Gasteiger partial charge >= 0.3 is 5.97 Å². The number of carbonyl (C=O) groups excluding carboxylic acids is 5. The van der Waals surface area contributed by atoms with Crippen LogP contribution in [0.3, 0.4) is 0 Å². The van der Waals surface area contributed by atoms with Crippen molar-refractivity contribution in [2.75, 3.05) is 7.11 Å². The van der Waals surface area contributed by atoms with Gasteiger partial charge in [0.1, 0.15) is 23.9 Å². The monoisotopic (exact) mass is 619 g/mol. The summed E-state index contributed by atoms with van der Waals surface area (Å²) in [5.74, 6) is -4.25. The van der Waals surface area contributed by atoms with Gasteiger partial charge in [-0.2, -0.15) is 0 Å². The molecule has 0 bridgehead atoms. The molecule has 0 radical (unpaired) electrons. The molecule has 3 rings (SSSR count). The van der Waals surface area contributed by atoms with E-state index in [9.17, 15) is 28.8 Å². The number of benzene rings is 3. The third kappa shape index (κ3) is 9.86. The quantitative estimate of drug-likeness (QED) is 0.152. The van der Waals surface area contributed by atoms with Gasteiger partial charge in [-0.25, -0.2) is 0 Å². The van der Waals surface area contributed by atoms with E-state index >= 15 is 0 Å². The molecule has 0 heterocycles. The number of imide groups is 1.